The van der Waals surface area contributed by atoms with Gasteiger partial charge >= 0.3 is 5.97 Å². The Morgan fingerprint density at radius 1 is 1.31 bits per heavy atom. The molecule has 2 heterocycles. The van der Waals surface area contributed by atoms with Crippen molar-refractivity contribution in [2.24, 2.45) is 0 Å². The summed E-state index contributed by atoms with van der Waals surface area (Å²) in [5.41, 5.74) is 11.8. The van der Waals surface area contributed by atoms with Crippen molar-refractivity contribution >= 4 is 23.3 Å². The Labute approximate surface area is 193 Å². The van der Waals surface area contributed by atoms with Gasteiger partial charge < -0.3 is 19.9 Å². The molecule has 1 aromatic carbocycles. The highest BCUT2D eigenvalue weighted by Crippen LogP contribution is 2.34. The van der Waals surface area contributed by atoms with Crippen LogP contribution in [0.25, 0.3) is 11.1 Å². The van der Waals surface area contributed by atoms with E-state index in [2.05, 4.69) is 15.6 Å². The van der Waals surface area contributed by atoms with Gasteiger partial charge in [-0.1, -0.05) is 23.7 Å². The van der Waals surface area contributed by atoms with Crippen molar-refractivity contribution in [3.05, 3.63) is 69.8 Å². The van der Waals surface area contributed by atoms with Crippen molar-refractivity contribution in [1.82, 2.24) is 14.5 Å². The number of benzene rings is 1. The smallest absolute Gasteiger partial charge is 0.341 e. The molecule has 0 fully saturated rings. The van der Waals surface area contributed by atoms with E-state index in [1.165, 1.54) is 0 Å². The lowest BCUT2D eigenvalue weighted by Gasteiger charge is -2.16. The fraction of sp³-hybridized carbons (Fsp3) is 0.292. The number of nitrogens with zero attached hydrogens (tertiary/aromatic N) is 4. The zero-order valence-electron chi connectivity index (χ0n) is 18.6. The fourth-order valence-electron chi connectivity index (χ4n) is 3.71. The van der Waals surface area contributed by atoms with Gasteiger partial charge in [-0.25, -0.2) is 9.78 Å². The molecule has 0 aliphatic carbocycles. The molecule has 0 aliphatic rings. The molecule has 7 nitrogen and oxygen atoms in total. The number of halogens is 1. The summed E-state index contributed by atoms with van der Waals surface area (Å²) in [6.07, 6.45) is 1.64. The number of pyridine rings is 1. The molecule has 2 N–H and O–H groups in total. The van der Waals surface area contributed by atoms with E-state index < -0.39 is 5.97 Å². The Balaban J connectivity index is 2.14. The molecule has 0 aliphatic heterocycles. The molecule has 3 rings (SSSR count). The minimum atomic E-state index is -0.509. The Kier molecular flexibility index (Phi) is 7.18. The van der Waals surface area contributed by atoms with E-state index in [4.69, 9.17) is 22.1 Å². The van der Waals surface area contributed by atoms with Gasteiger partial charge in [-0.15, -0.1) is 0 Å². The van der Waals surface area contributed by atoms with Crippen molar-refractivity contribution in [3.8, 4) is 17.2 Å². The maximum Gasteiger partial charge on any atom is 0.341 e. The Hall–Kier alpha value is -3.34. The third-order valence-electron chi connectivity index (χ3n) is 5.14. The molecule has 0 amide bonds. The molecular formula is C24H26ClN5O2. The van der Waals surface area contributed by atoms with Crippen molar-refractivity contribution in [2.75, 3.05) is 26.4 Å². The molecule has 0 spiro atoms. The van der Waals surface area contributed by atoms with Crippen molar-refractivity contribution in [1.29, 1.82) is 5.26 Å². The van der Waals surface area contributed by atoms with Gasteiger partial charge in [0.05, 0.1) is 23.4 Å². The first-order chi connectivity index (χ1) is 15.3. The van der Waals surface area contributed by atoms with Crippen LogP contribution in [0.2, 0.25) is 5.15 Å². The van der Waals surface area contributed by atoms with Gasteiger partial charge in [-0.2, -0.15) is 5.26 Å². The van der Waals surface area contributed by atoms with Gasteiger partial charge in [0.25, 0.3) is 0 Å². The normalized spacial score (nSPS) is 10.9. The van der Waals surface area contributed by atoms with E-state index in [0.717, 1.165) is 28.1 Å². The fourth-order valence-corrected chi connectivity index (χ4v) is 3.89. The van der Waals surface area contributed by atoms with Crippen LogP contribution in [-0.4, -0.2) is 41.1 Å². The minimum absolute atomic E-state index is 0.102. The molecule has 0 saturated carbocycles. The number of anilines is 1. The number of hydrogen-bond acceptors (Lipinski definition) is 6. The summed E-state index contributed by atoms with van der Waals surface area (Å²) < 4.78 is 7.18. The van der Waals surface area contributed by atoms with Crippen LogP contribution in [0.1, 0.15) is 39.8 Å². The second-order valence-corrected chi connectivity index (χ2v) is 8.10. The molecule has 0 saturated heterocycles. The van der Waals surface area contributed by atoms with E-state index in [9.17, 15) is 10.1 Å². The number of aromatic nitrogens is 2. The summed E-state index contributed by atoms with van der Waals surface area (Å²) in [6, 6.07) is 11.6. The molecule has 166 valence electrons. The molecular weight excluding hydrogens is 426 g/mol. The highest BCUT2D eigenvalue weighted by molar-refractivity contribution is 6.32. The van der Waals surface area contributed by atoms with Crippen LogP contribution >= 0.6 is 11.6 Å². The standard InChI is InChI=1S/C24H26ClN5O2/c1-5-32-24(31)19-10-16(12-28-23(19)25)13-30-15(2)22(17-6-8-18(27)9-7-17)20(11-26)21(30)14-29(3)4/h6-10,12H,5,13-14,27H2,1-4H3. The molecule has 0 bridgehead atoms. The summed E-state index contributed by atoms with van der Waals surface area (Å²) in [6.45, 7) is 4.97. The second kappa shape index (κ2) is 9.86. The molecule has 8 heteroatoms. The number of carbonyl (C=O) groups excluding carboxylic acids is 1. The molecule has 3 aromatic rings. The topological polar surface area (TPSA) is 97.2 Å². The number of carbonyl (C=O) groups is 1. The van der Waals surface area contributed by atoms with E-state index in [1.807, 2.05) is 50.2 Å². The summed E-state index contributed by atoms with van der Waals surface area (Å²) in [7, 11) is 3.92. The quantitative estimate of drug-likeness (QED) is 0.327. The predicted molar refractivity (Wildman–Crippen MR) is 125 cm³/mol. The van der Waals surface area contributed by atoms with E-state index in [1.54, 1.807) is 19.2 Å². The predicted octanol–water partition coefficient (Wildman–Crippen LogP) is 4.25. The van der Waals surface area contributed by atoms with Crippen molar-refractivity contribution in [2.45, 2.75) is 26.9 Å². The molecule has 0 unspecified atom stereocenters. The number of hydrogen-bond donors (Lipinski definition) is 1. The average molecular weight is 452 g/mol. The summed E-state index contributed by atoms with van der Waals surface area (Å²) >= 11 is 6.13. The number of nitrogen functional groups attached to an aromatic ring is 1. The lowest BCUT2D eigenvalue weighted by molar-refractivity contribution is 0.0526. The van der Waals surface area contributed by atoms with Crippen LogP contribution < -0.4 is 5.73 Å². The maximum absolute atomic E-state index is 12.3. The van der Waals surface area contributed by atoms with E-state index >= 15 is 0 Å². The van der Waals surface area contributed by atoms with Gasteiger partial charge in [0.2, 0.25) is 0 Å². The van der Waals surface area contributed by atoms with Crippen LogP contribution in [0, 0.1) is 18.3 Å². The zero-order chi connectivity index (χ0) is 23.4. The summed E-state index contributed by atoms with van der Waals surface area (Å²) in [5.74, 6) is -0.509. The molecule has 0 atom stereocenters. The van der Waals surface area contributed by atoms with Crippen LogP contribution in [0.4, 0.5) is 5.69 Å². The first kappa shape index (κ1) is 23.3. The highest BCUT2D eigenvalue weighted by Gasteiger charge is 2.23. The highest BCUT2D eigenvalue weighted by atomic mass is 35.5. The lowest BCUT2D eigenvalue weighted by Crippen LogP contribution is -2.17. The monoisotopic (exact) mass is 451 g/mol. The third kappa shape index (κ3) is 4.77. The number of esters is 1. The first-order valence-corrected chi connectivity index (χ1v) is 10.6. The first-order valence-electron chi connectivity index (χ1n) is 10.2. The Bertz CT molecular complexity index is 1180. The van der Waals surface area contributed by atoms with E-state index in [-0.39, 0.29) is 17.3 Å². The van der Waals surface area contributed by atoms with Gasteiger partial charge in [0.15, 0.2) is 0 Å². The number of nitrogens with two attached hydrogens (primary N) is 1. The summed E-state index contributed by atoms with van der Waals surface area (Å²) in [5, 5.41) is 10.1. The maximum atomic E-state index is 12.3. The molecule has 2 aromatic heterocycles. The average Bonchev–Trinajstić information content (AvgIpc) is 3.00. The third-order valence-corrected chi connectivity index (χ3v) is 5.44. The number of rotatable bonds is 7. The second-order valence-electron chi connectivity index (χ2n) is 7.74. The van der Waals surface area contributed by atoms with Crippen LogP contribution in [0.15, 0.2) is 36.5 Å². The van der Waals surface area contributed by atoms with Gasteiger partial charge in [0.1, 0.15) is 11.2 Å². The lowest BCUT2D eigenvalue weighted by atomic mass is 10.0. The minimum Gasteiger partial charge on any atom is -0.462 e. The largest absolute Gasteiger partial charge is 0.462 e. The van der Waals surface area contributed by atoms with E-state index in [0.29, 0.717) is 24.3 Å². The Morgan fingerprint density at radius 3 is 2.59 bits per heavy atom. The number of ether oxygens (including phenoxy) is 1. The van der Waals surface area contributed by atoms with Gasteiger partial charge in [0, 0.05) is 36.2 Å². The zero-order valence-corrected chi connectivity index (χ0v) is 19.4. The molecule has 32 heavy (non-hydrogen) atoms. The Morgan fingerprint density at radius 2 is 2.00 bits per heavy atom. The van der Waals surface area contributed by atoms with Gasteiger partial charge in [-0.05, 0) is 57.3 Å². The van der Waals surface area contributed by atoms with Crippen LogP contribution in [-0.2, 0) is 17.8 Å². The summed E-state index contributed by atoms with van der Waals surface area (Å²) in [4.78, 5) is 18.4. The molecule has 0 radical (unpaired) electrons. The van der Waals surface area contributed by atoms with Crippen LogP contribution in [0.3, 0.4) is 0 Å². The van der Waals surface area contributed by atoms with Crippen LogP contribution in [0.5, 0.6) is 0 Å². The van der Waals surface area contributed by atoms with Crippen molar-refractivity contribution in [3.63, 3.8) is 0 Å². The SMILES string of the molecule is CCOC(=O)c1cc(Cn2c(C)c(-c3ccc(N)cc3)c(C#N)c2CN(C)C)cnc1Cl. The van der Waals surface area contributed by atoms with Crippen molar-refractivity contribution < 1.29 is 9.53 Å². The van der Waals surface area contributed by atoms with Gasteiger partial charge in [-0.3, -0.25) is 0 Å². The number of nitriles is 1.